The second kappa shape index (κ2) is 7.05. The van der Waals surface area contributed by atoms with Crippen LogP contribution in [0.5, 0.6) is 0 Å². The molecule has 20 heavy (non-hydrogen) atoms. The first kappa shape index (κ1) is 16.0. The van der Waals surface area contributed by atoms with Gasteiger partial charge >= 0.3 is 0 Å². The number of likely N-dealkylation sites (tertiary alicyclic amines) is 1. The van der Waals surface area contributed by atoms with Crippen molar-refractivity contribution in [1.29, 1.82) is 0 Å². The largest absolute Gasteiger partial charge is 0.299 e. The van der Waals surface area contributed by atoms with E-state index in [-0.39, 0.29) is 0 Å². The topological polar surface area (TPSA) is 24.3 Å². The Morgan fingerprint density at radius 1 is 1.35 bits per heavy atom. The predicted octanol–water partition coefficient (Wildman–Crippen LogP) is 2.89. The van der Waals surface area contributed by atoms with E-state index in [0.29, 0.717) is 0 Å². The number of rotatable bonds is 6. The number of halogens is 1. The molecule has 0 aromatic carbocycles. The van der Waals surface area contributed by atoms with E-state index >= 15 is 0 Å². The molecule has 0 aliphatic carbocycles. The van der Waals surface area contributed by atoms with Crippen LogP contribution in [-0.2, 0) is 13.1 Å². The van der Waals surface area contributed by atoms with E-state index in [0.717, 1.165) is 31.4 Å². The van der Waals surface area contributed by atoms with Crippen LogP contribution in [0.25, 0.3) is 0 Å². The van der Waals surface area contributed by atoms with E-state index < -0.39 is 0 Å². The van der Waals surface area contributed by atoms with Crippen molar-refractivity contribution in [3.8, 4) is 0 Å². The molecule has 1 atom stereocenters. The maximum Gasteiger partial charge on any atom is 0.0739 e. The van der Waals surface area contributed by atoms with Crippen LogP contribution in [0.2, 0.25) is 0 Å². The fourth-order valence-electron chi connectivity index (χ4n) is 3.22. The van der Waals surface area contributed by atoms with E-state index in [2.05, 4.69) is 63.3 Å². The summed E-state index contributed by atoms with van der Waals surface area (Å²) in [6, 6.07) is 0.725. The summed E-state index contributed by atoms with van der Waals surface area (Å²) in [5.41, 5.74) is 2.39. The van der Waals surface area contributed by atoms with E-state index in [4.69, 9.17) is 0 Å². The van der Waals surface area contributed by atoms with E-state index in [1.54, 1.807) is 0 Å². The molecule has 0 N–H and O–H groups in total. The highest BCUT2D eigenvalue weighted by molar-refractivity contribution is 9.10. The summed E-state index contributed by atoms with van der Waals surface area (Å²) in [5.74, 6) is 0. The fourth-order valence-corrected chi connectivity index (χ4v) is 3.63. The molecular weight excluding hydrogens is 316 g/mol. The van der Waals surface area contributed by atoms with Crippen molar-refractivity contribution in [2.24, 2.45) is 0 Å². The fraction of sp³-hybridized carbons (Fsp3) is 0.800. The maximum absolute atomic E-state index is 4.58. The summed E-state index contributed by atoms with van der Waals surface area (Å²) in [6.45, 7) is 12.0. The quantitative estimate of drug-likeness (QED) is 0.794. The molecule has 1 unspecified atom stereocenters. The van der Waals surface area contributed by atoms with Gasteiger partial charge in [0.1, 0.15) is 0 Å². The zero-order valence-electron chi connectivity index (χ0n) is 13.2. The van der Waals surface area contributed by atoms with Crippen molar-refractivity contribution < 1.29 is 0 Å². The third-order valence-corrected chi connectivity index (χ3v) is 5.33. The predicted molar refractivity (Wildman–Crippen MR) is 86.9 cm³/mol. The molecule has 0 amide bonds. The average Bonchev–Trinajstić information content (AvgIpc) is 2.97. The highest BCUT2D eigenvalue weighted by Gasteiger charge is 2.24. The Labute approximate surface area is 131 Å². The lowest BCUT2D eigenvalue weighted by atomic mass is 10.2. The number of hydrogen-bond donors (Lipinski definition) is 0. The van der Waals surface area contributed by atoms with Gasteiger partial charge in [0, 0.05) is 25.7 Å². The molecule has 0 radical (unpaired) electrons. The minimum Gasteiger partial charge on any atom is -0.299 e. The van der Waals surface area contributed by atoms with Gasteiger partial charge in [0.15, 0.2) is 0 Å². The second-order valence-corrected chi connectivity index (χ2v) is 6.58. The molecule has 1 aliphatic rings. The van der Waals surface area contributed by atoms with Crippen molar-refractivity contribution in [2.75, 3.05) is 26.7 Å². The lowest BCUT2D eigenvalue weighted by Crippen LogP contribution is -2.38. The molecule has 1 aromatic rings. The standard InChI is InChI=1S/C15H27BrN4/c1-5-19-9-7-8-13(19)10-18(4)11-14-15(16)12(3)17-20(14)6-2/h13H,5-11H2,1-4H3. The van der Waals surface area contributed by atoms with Gasteiger partial charge < -0.3 is 0 Å². The lowest BCUT2D eigenvalue weighted by molar-refractivity contribution is 0.192. The first-order chi connectivity index (χ1) is 9.56. The second-order valence-electron chi connectivity index (χ2n) is 5.78. The third kappa shape index (κ3) is 3.43. The van der Waals surface area contributed by atoms with Gasteiger partial charge in [-0.1, -0.05) is 6.92 Å². The van der Waals surface area contributed by atoms with E-state index in [1.165, 1.54) is 36.1 Å². The van der Waals surface area contributed by atoms with Crippen LogP contribution >= 0.6 is 15.9 Å². The van der Waals surface area contributed by atoms with Crippen LogP contribution in [-0.4, -0.2) is 52.3 Å². The van der Waals surface area contributed by atoms with Crippen LogP contribution in [0.15, 0.2) is 4.47 Å². The molecule has 0 spiro atoms. The summed E-state index contributed by atoms with van der Waals surface area (Å²) in [7, 11) is 2.22. The number of aryl methyl sites for hydroxylation is 2. The van der Waals surface area contributed by atoms with Crippen molar-refractivity contribution in [3.63, 3.8) is 0 Å². The molecule has 2 heterocycles. The number of likely N-dealkylation sites (N-methyl/N-ethyl adjacent to an activating group) is 2. The molecule has 0 saturated carbocycles. The van der Waals surface area contributed by atoms with Crippen molar-refractivity contribution >= 4 is 15.9 Å². The molecule has 5 heteroatoms. The van der Waals surface area contributed by atoms with Crippen molar-refractivity contribution in [3.05, 3.63) is 15.9 Å². The zero-order valence-corrected chi connectivity index (χ0v) is 14.8. The molecular formula is C15H27BrN4. The third-order valence-electron chi connectivity index (χ3n) is 4.30. The minimum atomic E-state index is 0.725. The Morgan fingerprint density at radius 3 is 2.75 bits per heavy atom. The van der Waals surface area contributed by atoms with Crippen LogP contribution < -0.4 is 0 Å². The van der Waals surface area contributed by atoms with Crippen LogP contribution in [0, 0.1) is 6.92 Å². The van der Waals surface area contributed by atoms with Crippen molar-refractivity contribution in [2.45, 2.75) is 52.7 Å². The summed E-state index contributed by atoms with van der Waals surface area (Å²) < 4.78 is 3.28. The SMILES string of the molecule is CCN1CCCC1CN(C)Cc1c(Br)c(C)nn1CC. The zero-order chi connectivity index (χ0) is 14.7. The molecule has 0 bridgehead atoms. The van der Waals surface area contributed by atoms with Gasteiger partial charge in [0.05, 0.1) is 15.9 Å². The first-order valence-corrected chi connectivity index (χ1v) is 8.50. The van der Waals surface area contributed by atoms with E-state index in [1.807, 2.05) is 0 Å². The van der Waals surface area contributed by atoms with Gasteiger partial charge in [0.2, 0.25) is 0 Å². The van der Waals surface area contributed by atoms with Gasteiger partial charge in [-0.15, -0.1) is 0 Å². The van der Waals surface area contributed by atoms with Crippen molar-refractivity contribution in [1.82, 2.24) is 19.6 Å². The summed E-state index contributed by atoms with van der Waals surface area (Å²) >= 11 is 3.69. The molecule has 1 saturated heterocycles. The highest BCUT2D eigenvalue weighted by atomic mass is 79.9. The van der Waals surface area contributed by atoms with Gasteiger partial charge in [-0.2, -0.15) is 5.10 Å². The lowest BCUT2D eigenvalue weighted by Gasteiger charge is -2.27. The van der Waals surface area contributed by atoms with Crippen LogP contribution in [0.3, 0.4) is 0 Å². The Morgan fingerprint density at radius 2 is 2.10 bits per heavy atom. The number of nitrogens with zero attached hydrogens (tertiary/aromatic N) is 4. The molecule has 2 rings (SSSR count). The van der Waals surface area contributed by atoms with Crippen LogP contribution in [0.4, 0.5) is 0 Å². The van der Waals surface area contributed by atoms with Gasteiger partial charge in [0.25, 0.3) is 0 Å². The average molecular weight is 343 g/mol. The normalized spacial score (nSPS) is 20.2. The maximum atomic E-state index is 4.58. The summed E-state index contributed by atoms with van der Waals surface area (Å²) in [5, 5.41) is 4.58. The Hall–Kier alpha value is -0.390. The minimum absolute atomic E-state index is 0.725. The molecule has 114 valence electrons. The summed E-state index contributed by atoms with van der Waals surface area (Å²) in [4.78, 5) is 5.04. The monoisotopic (exact) mass is 342 g/mol. The summed E-state index contributed by atoms with van der Waals surface area (Å²) in [6.07, 6.45) is 2.69. The molecule has 4 nitrogen and oxygen atoms in total. The van der Waals surface area contributed by atoms with Gasteiger partial charge in [-0.05, 0) is 62.8 Å². The Bertz CT molecular complexity index is 443. The van der Waals surface area contributed by atoms with Crippen LogP contribution in [0.1, 0.15) is 38.1 Å². The molecule has 1 aromatic heterocycles. The Kier molecular flexibility index (Phi) is 5.64. The van der Waals surface area contributed by atoms with Gasteiger partial charge in [-0.25, -0.2) is 0 Å². The highest BCUT2D eigenvalue weighted by Crippen LogP contribution is 2.23. The number of aromatic nitrogens is 2. The van der Waals surface area contributed by atoms with Gasteiger partial charge in [-0.3, -0.25) is 14.5 Å². The molecule has 1 aliphatic heterocycles. The smallest absolute Gasteiger partial charge is 0.0739 e. The molecule has 1 fully saturated rings. The van der Waals surface area contributed by atoms with E-state index in [9.17, 15) is 0 Å². The Balaban J connectivity index is 1.99. The number of hydrogen-bond acceptors (Lipinski definition) is 3. The first-order valence-electron chi connectivity index (χ1n) is 7.71.